The van der Waals surface area contributed by atoms with Crippen LogP contribution >= 0.6 is 15.9 Å². The maximum Gasteiger partial charge on any atom is 0.312 e. The van der Waals surface area contributed by atoms with Crippen molar-refractivity contribution in [3.63, 3.8) is 0 Å². The van der Waals surface area contributed by atoms with Gasteiger partial charge >= 0.3 is 5.97 Å². The number of carboxylic acid groups (broad SMARTS) is 1. The average molecular weight is 256 g/mol. The molecule has 0 radical (unpaired) electrons. The fraction of sp³-hybridized carbons (Fsp3) is 0.111. The molecule has 1 heterocycles. The number of aliphatic carboxylic acids is 1. The smallest absolute Gasteiger partial charge is 0.312 e. The van der Waals surface area contributed by atoms with Gasteiger partial charge in [-0.25, -0.2) is 4.98 Å². The Bertz CT molecular complexity index is 492. The molecule has 0 atom stereocenters. The van der Waals surface area contributed by atoms with E-state index in [1.807, 2.05) is 12.1 Å². The molecule has 2 aromatic rings. The Morgan fingerprint density at radius 2 is 2.36 bits per heavy atom. The number of halogens is 1. The van der Waals surface area contributed by atoms with E-state index in [-0.39, 0.29) is 12.3 Å². The van der Waals surface area contributed by atoms with Gasteiger partial charge in [0.25, 0.3) is 0 Å². The topological polar surface area (TPSA) is 63.3 Å². The first-order valence-electron chi connectivity index (χ1n) is 3.92. The molecule has 0 aliphatic rings. The summed E-state index contributed by atoms with van der Waals surface area (Å²) in [4.78, 5) is 14.5. The highest BCUT2D eigenvalue weighted by atomic mass is 79.9. The van der Waals surface area contributed by atoms with Crippen LogP contribution in [0.3, 0.4) is 0 Å². The summed E-state index contributed by atoms with van der Waals surface area (Å²) in [5, 5.41) is 8.55. The lowest BCUT2D eigenvalue weighted by Crippen LogP contribution is -1.99. The Morgan fingerprint density at radius 1 is 1.57 bits per heavy atom. The van der Waals surface area contributed by atoms with Crippen LogP contribution in [0.2, 0.25) is 0 Å². The van der Waals surface area contributed by atoms with Gasteiger partial charge in [0, 0.05) is 0 Å². The number of carbonyl (C=O) groups is 1. The number of benzene rings is 1. The van der Waals surface area contributed by atoms with Crippen LogP contribution in [0.1, 0.15) is 5.89 Å². The van der Waals surface area contributed by atoms with Crippen LogP contribution in [-0.4, -0.2) is 16.1 Å². The molecule has 0 saturated heterocycles. The second-order valence-corrected chi connectivity index (χ2v) is 3.62. The molecule has 0 amide bonds. The van der Waals surface area contributed by atoms with E-state index < -0.39 is 5.97 Å². The van der Waals surface area contributed by atoms with E-state index in [9.17, 15) is 4.79 Å². The average Bonchev–Trinajstić information content (AvgIpc) is 2.47. The van der Waals surface area contributed by atoms with Gasteiger partial charge in [-0.15, -0.1) is 0 Å². The van der Waals surface area contributed by atoms with Crippen LogP contribution in [-0.2, 0) is 11.2 Å². The Kier molecular flexibility index (Phi) is 2.25. The summed E-state index contributed by atoms with van der Waals surface area (Å²) < 4.78 is 6.05. The molecular formula is C9H6BrNO3. The number of carboxylic acids is 1. The summed E-state index contributed by atoms with van der Waals surface area (Å²) >= 11 is 3.30. The molecule has 2 rings (SSSR count). The van der Waals surface area contributed by atoms with Gasteiger partial charge in [0.05, 0.1) is 4.47 Å². The van der Waals surface area contributed by atoms with Gasteiger partial charge in [-0.1, -0.05) is 6.07 Å². The van der Waals surface area contributed by atoms with Crippen LogP contribution < -0.4 is 0 Å². The zero-order chi connectivity index (χ0) is 10.1. The van der Waals surface area contributed by atoms with E-state index in [1.165, 1.54) is 0 Å². The van der Waals surface area contributed by atoms with Gasteiger partial charge in [-0.3, -0.25) is 4.79 Å². The molecule has 4 nitrogen and oxygen atoms in total. The van der Waals surface area contributed by atoms with Crippen molar-refractivity contribution < 1.29 is 14.3 Å². The predicted octanol–water partition coefficient (Wildman–Crippen LogP) is 2.22. The fourth-order valence-corrected chi connectivity index (χ4v) is 1.60. The van der Waals surface area contributed by atoms with Gasteiger partial charge < -0.3 is 9.52 Å². The van der Waals surface area contributed by atoms with Crippen molar-refractivity contribution in [2.45, 2.75) is 6.42 Å². The normalized spacial score (nSPS) is 10.6. The predicted molar refractivity (Wildman–Crippen MR) is 53.0 cm³/mol. The lowest BCUT2D eigenvalue weighted by atomic mass is 10.3. The Morgan fingerprint density at radius 3 is 3.00 bits per heavy atom. The standard InChI is InChI=1S/C9H6BrNO3/c10-5-2-1-3-6-9(5)14-7(11-6)4-8(12)13/h1-3H,4H2,(H,12,13). The molecule has 0 aliphatic heterocycles. The van der Waals surface area contributed by atoms with E-state index in [0.29, 0.717) is 11.1 Å². The van der Waals surface area contributed by atoms with E-state index in [1.54, 1.807) is 6.07 Å². The molecule has 72 valence electrons. The van der Waals surface area contributed by atoms with Crippen LogP contribution in [0.5, 0.6) is 0 Å². The first kappa shape index (κ1) is 9.21. The van der Waals surface area contributed by atoms with Crippen molar-refractivity contribution in [2.24, 2.45) is 0 Å². The minimum absolute atomic E-state index is 0.193. The second kappa shape index (κ2) is 3.42. The maximum atomic E-state index is 10.4. The van der Waals surface area contributed by atoms with Crippen LogP contribution in [0, 0.1) is 0 Å². The number of oxazole rings is 1. The van der Waals surface area contributed by atoms with E-state index in [2.05, 4.69) is 20.9 Å². The van der Waals surface area contributed by atoms with Crippen molar-refractivity contribution in [1.29, 1.82) is 0 Å². The largest absolute Gasteiger partial charge is 0.481 e. The highest BCUT2D eigenvalue weighted by molar-refractivity contribution is 9.10. The molecule has 14 heavy (non-hydrogen) atoms. The summed E-state index contributed by atoms with van der Waals surface area (Å²) in [6.07, 6.45) is -0.193. The molecule has 0 aliphatic carbocycles. The van der Waals surface area contributed by atoms with Gasteiger partial charge in [0.2, 0.25) is 5.89 Å². The molecule has 1 N–H and O–H groups in total. The van der Waals surface area contributed by atoms with Crippen LogP contribution in [0.4, 0.5) is 0 Å². The summed E-state index contributed by atoms with van der Waals surface area (Å²) in [6.45, 7) is 0. The quantitative estimate of drug-likeness (QED) is 0.894. The number of aromatic nitrogens is 1. The number of nitrogens with zero attached hydrogens (tertiary/aromatic N) is 1. The summed E-state index contributed by atoms with van der Waals surface area (Å²) in [7, 11) is 0. The molecule has 1 aromatic carbocycles. The molecule has 1 aromatic heterocycles. The van der Waals surface area contributed by atoms with Crippen molar-refractivity contribution in [3.05, 3.63) is 28.6 Å². The number of rotatable bonds is 2. The summed E-state index contributed by atoms with van der Waals surface area (Å²) in [5.41, 5.74) is 1.25. The van der Waals surface area contributed by atoms with Gasteiger partial charge in [-0.2, -0.15) is 0 Å². The lowest BCUT2D eigenvalue weighted by molar-refractivity contribution is -0.136. The highest BCUT2D eigenvalue weighted by Gasteiger charge is 2.10. The first-order chi connectivity index (χ1) is 6.66. The molecule has 5 heteroatoms. The molecule has 0 fully saturated rings. The fourth-order valence-electron chi connectivity index (χ4n) is 1.17. The Hall–Kier alpha value is -1.36. The number of para-hydroxylation sites is 1. The molecule has 0 spiro atoms. The van der Waals surface area contributed by atoms with Gasteiger partial charge in [-0.05, 0) is 28.1 Å². The van der Waals surface area contributed by atoms with Gasteiger partial charge in [0.15, 0.2) is 5.58 Å². The lowest BCUT2D eigenvalue weighted by Gasteiger charge is -1.88. The van der Waals surface area contributed by atoms with Crippen LogP contribution in [0.25, 0.3) is 11.1 Å². The number of fused-ring (bicyclic) bond motifs is 1. The Balaban J connectivity index is 2.51. The molecule has 0 saturated carbocycles. The van der Waals surface area contributed by atoms with Crippen molar-refractivity contribution in [1.82, 2.24) is 4.98 Å². The number of hydrogen-bond donors (Lipinski definition) is 1. The summed E-state index contributed by atoms with van der Waals surface area (Å²) in [6, 6.07) is 5.41. The molecule has 0 unspecified atom stereocenters. The highest BCUT2D eigenvalue weighted by Crippen LogP contribution is 2.24. The third kappa shape index (κ3) is 1.63. The minimum Gasteiger partial charge on any atom is -0.481 e. The SMILES string of the molecule is O=C(O)Cc1nc2cccc(Br)c2o1. The number of hydrogen-bond acceptors (Lipinski definition) is 3. The third-order valence-corrected chi connectivity index (χ3v) is 2.34. The van der Waals surface area contributed by atoms with E-state index in [4.69, 9.17) is 9.52 Å². The van der Waals surface area contributed by atoms with Crippen molar-refractivity contribution >= 4 is 33.0 Å². The van der Waals surface area contributed by atoms with Gasteiger partial charge in [0.1, 0.15) is 11.9 Å². The molecular weight excluding hydrogens is 250 g/mol. The minimum atomic E-state index is -0.951. The summed E-state index contributed by atoms with van der Waals surface area (Å²) in [5.74, 6) is -0.730. The Labute approximate surface area is 87.7 Å². The zero-order valence-corrected chi connectivity index (χ0v) is 8.61. The van der Waals surface area contributed by atoms with Crippen molar-refractivity contribution in [2.75, 3.05) is 0 Å². The molecule has 0 bridgehead atoms. The maximum absolute atomic E-state index is 10.4. The first-order valence-corrected chi connectivity index (χ1v) is 4.72. The van der Waals surface area contributed by atoms with E-state index >= 15 is 0 Å². The monoisotopic (exact) mass is 255 g/mol. The van der Waals surface area contributed by atoms with Crippen molar-refractivity contribution in [3.8, 4) is 0 Å². The zero-order valence-electron chi connectivity index (χ0n) is 7.03. The second-order valence-electron chi connectivity index (χ2n) is 2.77. The van der Waals surface area contributed by atoms with Crippen LogP contribution in [0.15, 0.2) is 27.1 Å². The van der Waals surface area contributed by atoms with E-state index in [0.717, 1.165) is 4.47 Å². The third-order valence-electron chi connectivity index (χ3n) is 1.71.